The van der Waals surface area contributed by atoms with Crippen LogP contribution in [0.2, 0.25) is 0 Å². The maximum Gasteiger partial charge on any atom is 0.416 e. The lowest BCUT2D eigenvalue weighted by molar-refractivity contribution is -0.137. The van der Waals surface area contributed by atoms with Gasteiger partial charge in [0.25, 0.3) is 0 Å². The normalized spacial score (nSPS) is 15.3. The van der Waals surface area contributed by atoms with E-state index in [1.54, 1.807) is 18.2 Å². The lowest BCUT2D eigenvalue weighted by Crippen LogP contribution is -2.34. The number of hydrogen-bond donors (Lipinski definition) is 1. The summed E-state index contributed by atoms with van der Waals surface area (Å²) in [6.07, 6.45) is -1.34. The highest BCUT2D eigenvalue weighted by atomic mass is 35.5. The van der Waals surface area contributed by atoms with Crippen molar-refractivity contribution in [1.82, 2.24) is 19.9 Å². The maximum atomic E-state index is 13.6. The van der Waals surface area contributed by atoms with E-state index in [0.29, 0.717) is 33.7 Å². The van der Waals surface area contributed by atoms with Crippen molar-refractivity contribution in [2.45, 2.75) is 51.9 Å². The van der Waals surface area contributed by atoms with Gasteiger partial charge in [-0.1, -0.05) is 35.3 Å². The molecule has 0 radical (unpaired) electrons. The summed E-state index contributed by atoms with van der Waals surface area (Å²) in [6, 6.07) is 10.7. The molecule has 1 saturated heterocycles. The van der Waals surface area contributed by atoms with Crippen molar-refractivity contribution in [3.05, 3.63) is 59.9 Å². The third-order valence-corrected chi connectivity index (χ3v) is 7.41. The molecule has 0 spiro atoms. The van der Waals surface area contributed by atoms with Gasteiger partial charge in [-0.2, -0.15) is 13.2 Å². The highest BCUT2D eigenvalue weighted by molar-refractivity contribution is 7.22. The van der Waals surface area contributed by atoms with Gasteiger partial charge in [0.05, 0.1) is 22.0 Å². The molecule has 214 valence electrons. The Balaban J connectivity index is 0.00000387. The monoisotopic (exact) mass is 601 g/mol. The fourth-order valence-corrected chi connectivity index (χ4v) is 5.56. The van der Waals surface area contributed by atoms with E-state index in [1.807, 2.05) is 6.07 Å². The van der Waals surface area contributed by atoms with Crippen molar-refractivity contribution in [2.75, 3.05) is 11.9 Å². The molecule has 2 aromatic carbocycles. The standard InChI is InChI=1S/C29H26F3N5O2S.ClH/c1-17(2)37-13-5-6-21(37)11-9-19-14-20(29(30,31)32)10-12-22(19)23-15-26(34-16-33-23)39-24-7-4-8-25-27(24)36-28(40-25)35-18(3)38;/h4,7-8,10,12,14-17,21H,5-6,13H2,1-3H3,(H,35,36,38);1H. The second-order valence-corrected chi connectivity index (χ2v) is 10.7. The molecule has 1 N–H and O–H groups in total. The molecule has 41 heavy (non-hydrogen) atoms. The van der Waals surface area contributed by atoms with Gasteiger partial charge < -0.3 is 10.1 Å². The number of anilines is 1. The lowest BCUT2D eigenvalue weighted by Gasteiger charge is -2.24. The van der Waals surface area contributed by atoms with Crippen LogP contribution in [0.4, 0.5) is 18.3 Å². The van der Waals surface area contributed by atoms with Crippen molar-refractivity contribution in [3.8, 4) is 34.7 Å². The zero-order valence-corrected chi connectivity index (χ0v) is 24.1. The average molecular weight is 602 g/mol. The van der Waals surface area contributed by atoms with Crippen LogP contribution in [0.1, 0.15) is 44.7 Å². The average Bonchev–Trinajstić information content (AvgIpc) is 3.54. The molecule has 1 atom stereocenters. The molecular weight excluding hydrogens is 575 g/mol. The maximum absolute atomic E-state index is 13.6. The van der Waals surface area contributed by atoms with Gasteiger partial charge in [0, 0.05) is 30.2 Å². The number of hydrogen-bond acceptors (Lipinski definition) is 7. The highest BCUT2D eigenvalue weighted by Crippen LogP contribution is 2.36. The first-order valence-electron chi connectivity index (χ1n) is 12.7. The Morgan fingerprint density at radius 3 is 2.73 bits per heavy atom. The Hall–Kier alpha value is -3.72. The molecule has 0 aliphatic carbocycles. The summed E-state index contributed by atoms with van der Waals surface area (Å²) in [4.78, 5) is 26.7. The molecule has 5 rings (SSSR count). The van der Waals surface area contributed by atoms with Gasteiger partial charge in [0.1, 0.15) is 11.8 Å². The predicted molar refractivity (Wildman–Crippen MR) is 155 cm³/mol. The van der Waals surface area contributed by atoms with Crippen LogP contribution in [0.25, 0.3) is 21.5 Å². The Kier molecular flexibility index (Phi) is 9.17. The third-order valence-electron chi connectivity index (χ3n) is 6.48. The van der Waals surface area contributed by atoms with Crippen molar-refractivity contribution >= 4 is 45.0 Å². The van der Waals surface area contributed by atoms with Crippen molar-refractivity contribution in [3.63, 3.8) is 0 Å². The van der Waals surface area contributed by atoms with Crippen LogP contribution in [0, 0.1) is 11.8 Å². The van der Waals surface area contributed by atoms with Crippen LogP contribution in [0.15, 0.2) is 48.8 Å². The molecule has 0 bridgehead atoms. The van der Waals surface area contributed by atoms with Gasteiger partial charge in [-0.05, 0) is 57.5 Å². The Morgan fingerprint density at radius 1 is 1.20 bits per heavy atom. The first-order chi connectivity index (χ1) is 19.1. The van der Waals surface area contributed by atoms with Crippen LogP contribution >= 0.6 is 23.7 Å². The highest BCUT2D eigenvalue weighted by Gasteiger charge is 2.31. The van der Waals surface area contributed by atoms with Crippen molar-refractivity contribution in [2.24, 2.45) is 0 Å². The number of amides is 1. The number of nitrogens with one attached hydrogen (secondary N) is 1. The molecular formula is C29H27ClF3N5O2S. The second kappa shape index (κ2) is 12.4. The zero-order chi connectivity index (χ0) is 28.4. The molecule has 7 nitrogen and oxygen atoms in total. The number of benzene rings is 2. The number of likely N-dealkylation sites (tertiary alicyclic amines) is 1. The topological polar surface area (TPSA) is 80.2 Å². The van der Waals surface area contributed by atoms with Gasteiger partial charge in [-0.3, -0.25) is 9.69 Å². The molecule has 1 unspecified atom stereocenters. The second-order valence-electron chi connectivity index (χ2n) is 9.66. The van der Waals surface area contributed by atoms with E-state index in [9.17, 15) is 18.0 Å². The van der Waals surface area contributed by atoms with Gasteiger partial charge in [-0.25, -0.2) is 15.0 Å². The number of para-hydroxylation sites is 1. The molecule has 1 amide bonds. The molecule has 1 aliphatic heterocycles. The quantitative estimate of drug-likeness (QED) is 0.244. The predicted octanol–water partition coefficient (Wildman–Crippen LogP) is 7.17. The van der Waals surface area contributed by atoms with Gasteiger partial charge in [0.2, 0.25) is 11.8 Å². The molecule has 2 aromatic heterocycles. The largest absolute Gasteiger partial charge is 0.437 e. The number of halogens is 4. The van der Waals surface area contributed by atoms with E-state index in [1.165, 1.54) is 30.7 Å². The minimum absolute atomic E-state index is 0. The van der Waals surface area contributed by atoms with E-state index in [4.69, 9.17) is 4.74 Å². The minimum Gasteiger partial charge on any atom is -0.437 e. The zero-order valence-electron chi connectivity index (χ0n) is 22.5. The Morgan fingerprint density at radius 2 is 2.00 bits per heavy atom. The van der Waals surface area contributed by atoms with Crippen LogP contribution in [-0.2, 0) is 11.0 Å². The smallest absolute Gasteiger partial charge is 0.416 e. The summed E-state index contributed by atoms with van der Waals surface area (Å²) in [6.45, 7) is 6.49. The molecule has 4 aromatic rings. The van der Waals surface area contributed by atoms with E-state index < -0.39 is 11.7 Å². The fourth-order valence-electron chi connectivity index (χ4n) is 4.64. The van der Waals surface area contributed by atoms with Gasteiger partial charge in [-0.15, -0.1) is 12.4 Å². The summed E-state index contributed by atoms with van der Waals surface area (Å²) < 4.78 is 47.6. The lowest BCUT2D eigenvalue weighted by atomic mass is 10.0. The van der Waals surface area contributed by atoms with E-state index in [-0.39, 0.29) is 35.8 Å². The SMILES string of the molecule is CC(=O)Nc1nc2c(Oc3cc(-c4ccc(C(F)(F)F)cc4C#CC4CCCN4C(C)C)ncn3)cccc2s1.Cl. The third kappa shape index (κ3) is 6.96. The fraction of sp³-hybridized carbons (Fsp3) is 0.310. The summed E-state index contributed by atoms with van der Waals surface area (Å²) in [7, 11) is 0. The number of aromatic nitrogens is 3. The number of ether oxygens (including phenoxy) is 1. The summed E-state index contributed by atoms with van der Waals surface area (Å²) in [5.74, 6) is 6.60. The number of rotatable bonds is 5. The number of thiazole rings is 1. The first kappa shape index (κ1) is 30.2. The molecule has 0 saturated carbocycles. The van der Waals surface area contributed by atoms with Gasteiger partial charge >= 0.3 is 6.18 Å². The van der Waals surface area contributed by atoms with Crippen LogP contribution < -0.4 is 10.1 Å². The van der Waals surface area contributed by atoms with Gasteiger partial charge in [0.15, 0.2) is 10.9 Å². The molecule has 1 aliphatic rings. The number of carbonyl (C=O) groups is 1. The molecule has 12 heteroatoms. The first-order valence-corrected chi connectivity index (χ1v) is 13.6. The minimum atomic E-state index is -4.51. The van der Waals surface area contributed by atoms with Crippen LogP contribution in [0.5, 0.6) is 11.6 Å². The van der Waals surface area contributed by atoms with E-state index in [2.05, 4.69) is 50.9 Å². The number of carbonyl (C=O) groups excluding carboxylic acids is 1. The number of fused-ring (bicyclic) bond motifs is 1. The number of alkyl halides is 3. The van der Waals surface area contributed by atoms with Crippen molar-refractivity contribution < 1.29 is 22.7 Å². The molecule has 1 fully saturated rings. The van der Waals surface area contributed by atoms with Crippen molar-refractivity contribution in [1.29, 1.82) is 0 Å². The van der Waals surface area contributed by atoms with E-state index >= 15 is 0 Å². The van der Waals surface area contributed by atoms with Crippen LogP contribution in [0.3, 0.4) is 0 Å². The summed E-state index contributed by atoms with van der Waals surface area (Å²) in [5.41, 5.74) is 0.824. The number of nitrogens with zero attached hydrogens (tertiary/aromatic N) is 4. The summed E-state index contributed by atoms with van der Waals surface area (Å²) in [5, 5.41) is 3.11. The van der Waals surface area contributed by atoms with E-state index in [0.717, 1.165) is 36.2 Å². The summed E-state index contributed by atoms with van der Waals surface area (Å²) >= 11 is 1.31. The van der Waals surface area contributed by atoms with Crippen LogP contribution in [-0.4, -0.2) is 44.4 Å². The Labute approximate surface area is 245 Å². The molecule has 3 heterocycles. The Bertz CT molecular complexity index is 1630.